The summed E-state index contributed by atoms with van der Waals surface area (Å²) in [6.45, 7) is 1.84. The fourth-order valence-electron chi connectivity index (χ4n) is 2.35. The maximum Gasteiger partial charge on any atom is 0.416 e. The van der Waals surface area contributed by atoms with Gasteiger partial charge in [0.25, 0.3) is 0 Å². The summed E-state index contributed by atoms with van der Waals surface area (Å²) in [5.74, 6) is -0.283. The monoisotopic (exact) mass is 317 g/mol. The van der Waals surface area contributed by atoms with Crippen LogP contribution in [0.3, 0.4) is 0 Å². The summed E-state index contributed by atoms with van der Waals surface area (Å²) in [5, 5.41) is 19.6. The maximum atomic E-state index is 12.5. The molecule has 2 N–H and O–H groups in total. The van der Waals surface area contributed by atoms with Gasteiger partial charge in [0.1, 0.15) is 0 Å². The van der Waals surface area contributed by atoms with Gasteiger partial charge < -0.3 is 15.1 Å². The minimum Gasteiger partial charge on any atom is -0.388 e. The highest BCUT2D eigenvalue weighted by Gasteiger charge is 2.37. The van der Waals surface area contributed by atoms with E-state index in [0.717, 1.165) is 12.1 Å². The molecule has 0 aliphatic carbocycles. The van der Waals surface area contributed by atoms with Crippen LogP contribution in [-0.2, 0) is 17.4 Å². The van der Waals surface area contributed by atoms with Gasteiger partial charge in [0, 0.05) is 13.1 Å². The van der Waals surface area contributed by atoms with Gasteiger partial charge in [-0.2, -0.15) is 13.2 Å². The molecule has 4 nitrogen and oxygen atoms in total. The molecule has 22 heavy (non-hydrogen) atoms. The third kappa shape index (κ3) is 3.78. The molecule has 122 valence electrons. The summed E-state index contributed by atoms with van der Waals surface area (Å²) in [7, 11) is 0. The van der Waals surface area contributed by atoms with E-state index in [2.05, 4.69) is 0 Å². The van der Waals surface area contributed by atoms with Gasteiger partial charge in [-0.15, -0.1) is 0 Å². The molecule has 0 bridgehead atoms. The first-order valence-electron chi connectivity index (χ1n) is 6.94. The Labute approximate surface area is 126 Å². The van der Waals surface area contributed by atoms with E-state index >= 15 is 0 Å². The molecule has 1 saturated heterocycles. The molecule has 0 radical (unpaired) electrons. The second-order valence-electron chi connectivity index (χ2n) is 5.83. The highest BCUT2D eigenvalue weighted by atomic mass is 19.4. The normalized spacial score (nSPS) is 26.1. The van der Waals surface area contributed by atoms with Crippen LogP contribution in [-0.4, -0.2) is 45.8 Å². The molecule has 0 saturated carbocycles. The zero-order valence-electron chi connectivity index (χ0n) is 12.1. The molecule has 1 amide bonds. The standard InChI is InChI=1S/C15H18F3NO3/c1-14(22)6-7-19(9-12(14)20)13(21)8-10-2-4-11(5-3-10)15(16,17)18/h2-5,12,20,22H,6-9H2,1H3/t12-,14-/m1/s1. The van der Waals surface area contributed by atoms with Crippen LogP contribution < -0.4 is 0 Å². The summed E-state index contributed by atoms with van der Waals surface area (Å²) in [6.07, 6.45) is -5.21. The van der Waals surface area contributed by atoms with Crippen LogP contribution in [0.4, 0.5) is 13.2 Å². The van der Waals surface area contributed by atoms with Crippen molar-refractivity contribution >= 4 is 5.91 Å². The molecule has 2 atom stereocenters. The second-order valence-corrected chi connectivity index (χ2v) is 5.83. The Hall–Kier alpha value is -1.60. The number of β-amino-alcohol motifs (C(OH)–C–C–N with tert-alkyl or cyclic N) is 1. The number of hydrogen-bond acceptors (Lipinski definition) is 3. The number of carbonyl (C=O) groups is 1. The lowest BCUT2D eigenvalue weighted by atomic mass is 9.90. The molecule has 0 spiro atoms. The van der Waals surface area contributed by atoms with Crippen molar-refractivity contribution < 1.29 is 28.2 Å². The predicted octanol–water partition coefficient (Wildman–Crippen LogP) is 1.59. The van der Waals surface area contributed by atoms with Crippen LogP contribution in [0, 0.1) is 0 Å². The zero-order valence-corrected chi connectivity index (χ0v) is 12.1. The van der Waals surface area contributed by atoms with Gasteiger partial charge in [-0.3, -0.25) is 4.79 Å². The largest absolute Gasteiger partial charge is 0.416 e. The number of hydrogen-bond donors (Lipinski definition) is 2. The zero-order chi connectivity index (χ0) is 16.5. The van der Waals surface area contributed by atoms with E-state index in [-0.39, 0.29) is 25.3 Å². The number of aliphatic hydroxyl groups is 2. The lowest BCUT2D eigenvalue weighted by Crippen LogP contribution is -2.55. The molecule has 1 fully saturated rings. The molecule has 0 unspecified atom stereocenters. The number of rotatable bonds is 2. The Morgan fingerprint density at radius 1 is 1.36 bits per heavy atom. The first-order valence-corrected chi connectivity index (χ1v) is 6.94. The van der Waals surface area contributed by atoms with Crippen molar-refractivity contribution in [1.82, 2.24) is 4.90 Å². The molecule has 2 rings (SSSR count). The van der Waals surface area contributed by atoms with E-state index in [1.165, 1.54) is 24.0 Å². The summed E-state index contributed by atoms with van der Waals surface area (Å²) in [6, 6.07) is 4.44. The Morgan fingerprint density at radius 2 is 1.95 bits per heavy atom. The van der Waals surface area contributed by atoms with Gasteiger partial charge in [0.05, 0.1) is 23.7 Å². The summed E-state index contributed by atoms with van der Waals surface area (Å²) in [5.41, 5.74) is -1.50. The third-order valence-electron chi connectivity index (χ3n) is 3.99. The van der Waals surface area contributed by atoms with Crippen molar-refractivity contribution in [2.75, 3.05) is 13.1 Å². The SMILES string of the molecule is C[C@@]1(O)CCN(C(=O)Cc2ccc(C(F)(F)F)cc2)C[C@H]1O. The van der Waals surface area contributed by atoms with Crippen LogP contribution in [0.15, 0.2) is 24.3 Å². The Balaban J connectivity index is 1.98. The number of carbonyl (C=O) groups excluding carboxylic acids is 1. The van der Waals surface area contributed by atoms with Crippen molar-refractivity contribution in [2.24, 2.45) is 0 Å². The Bertz CT molecular complexity index is 540. The smallest absolute Gasteiger partial charge is 0.388 e. The summed E-state index contributed by atoms with van der Waals surface area (Å²) < 4.78 is 37.4. The average molecular weight is 317 g/mol. The van der Waals surface area contributed by atoms with Crippen molar-refractivity contribution in [2.45, 2.75) is 37.6 Å². The molecular formula is C15H18F3NO3. The van der Waals surface area contributed by atoms with Crippen molar-refractivity contribution in [3.8, 4) is 0 Å². The number of amides is 1. The number of alkyl halides is 3. The minimum atomic E-state index is -4.40. The van der Waals surface area contributed by atoms with Crippen LogP contribution in [0.1, 0.15) is 24.5 Å². The van der Waals surface area contributed by atoms with Gasteiger partial charge in [-0.05, 0) is 31.0 Å². The van der Waals surface area contributed by atoms with Gasteiger partial charge >= 0.3 is 6.18 Å². The fourth-order valence-corrected chi connectivity index (χ4v) is 2.35. The summed E-state index contributed by atoms with van der Waals surface area (Å²) in [4.78, 5) is 13.5. The van der Waals surface area contributed by atoms with E-state index in [1.807, 2.05) is 0 Å². The average Bonchev–Trinajstić information content (AvgIpc) is 2.41. The van der Waals surface area contributed by atoms with Gasteiger partial charge in [-0.1, -0.05) is 12.1 Å². The van der Waals surface area contributed by atoms with Crippen LogP contribution in [0.2, 0.25) is 0 Å². The first-order chi connectivity index (χ1) is 10.1. The lowest BCUT2D eigenvalue weighted by Gasteiger charge is -2.40. The van der Waals surface area contributed by atoms with Crippen molar-refractivity contribution in [3.63, 3.8) is 0 Å². The highest BCUT2D eigenvalue weighted by molar-refractivity contribution is 5.79. The second kappa shape index (κ2) is 5.89. The molecule has 7 heteroatoms. The van der Waals surface area contributed by atoms with Gasteiger partial charge in [-0.25, -0.2) is 0 Å². The molecule has 1 aromatic rings. The predicted molar refractivity (Wildman–Crippen MR) is 73.0 cm³/mol. The minimum absolute atomic E-state index is 0.0203. The van der Waals surface area contributed by atoms with E-state index in [0.29, 0.717) is 12.1 Å². The quantitative estimate of drug-likeness (QED) is 0.871. The highest BCUT2D eigenvalue weighted by Crippen LogP contribution is 2.29. The Morgan fingerprint density at radius 3 is 2.45 bits per heavy atom. The number of piperidine rings is 1. The molecule has 1 aliphatic heterocycles. The Kier molecular flexibility index (Phi) is 4.49. The lowest BCUT2D eigenvalue weighted by molar-refractivity contribution is -0.145. The van der Waals surface area contributed by atoms with Crippen LogP contribution in [0.25, 0.3) is 0 Å². The number of nitrogens with zero attached hydrogens (tertiary/aromatic N) is 1. The maximum absolute atomic E-state index is 12.5. The van der Waals surface area contributed by atoms with Gasteiger partial charge in [0.2, 0.25) is 5.91 Å². The van der Waals surface area contributed by atoms with E-state index < -0.39 is 23.4 Å². The van der Waals surface area contributed by atoms with E-state index in [4.69, 9.17) is 0 Å². The van der Waals surface area contributed by atoms with Gasteiger partial charge in [0.15, 0.2) is 0 Å². The van der Waals surface area contributed by atoms with Crippen LogP contribution >= 0.6 is 0 Å². The molecule has 0 aromatic heterocycles. The van der Waals surface area contributed by atoms with Crippen LogP contribution in [0.5, 0.6) is 0 Å². The number of likely N-dealkylation sites (tertiary alicyclic amines) is 1. The van der Waals surface area contributed by atoms with Crippen molar-refractivity contribution in [1.29, 1.82) is 0 Å². The topological polar surface area (TPSA) is 60.8 Å². The fraction of sp³-hybridized carbons (Fsp3) is 0.533. The molecular weight excluding hydrogens is 299 g/mol. The first kappa shape index (κ1) is 16.8. The van der Waals surface area contributed by atoms with E-state index in [9.17, 15) is 28.2 Å². The molecule has 1 aromatic carbocycles. The number of aliphatic hydroxyl groups excluding tert-OH is 1. The molecule has 1 heterocycles. The van der Waals surface area contributed by atoms with E-state index in [1.54, 1.807) is 0 Å². The van der Waals surface area contributed by atoms with Crippen molar-refractivity contribution in [3.05, 3.63) is 35.4 Å². The third-order valence-corrected chi connectivity index (χ3v) is 3.99. The number of benzene rings is 1. The number of halogens is 3. The summed E-state index contributed by atoms with van der Waals surface area (Å²) >= 11 is 0. The molecule has 1 aliphatic rings.